The lowest BCUT2D eigenvalue weighted by Gasteiger charge is -2.33. The van der Waals surface area contributed by atoms with Crippen molar-refractivity contribution in [2.75, 3.05) is 17.9 Å². The minimum Gasteiger partial charge on any atom is -0.357 e. The van der Waals surface area contributed by atoms with Crippen LogP contribution in [-0.4, -0.2) is 44.8 Å². The van der Waals surface area contributed by atoms with Gasteiger partial charge in [-0.3, -0.25) is 13.9 Å². The van der Waals surface area contributed by atoms with Gasteiger partial charge in [0.2, 0.25) is 11.8 Å². The number of carbonyl (C=O) groups excluding carboxylic acids is 2. The third-order valence-corrected chi connectivity index (χ3v) is 8.57. The number of benzene rings is 3. The van der Waals surface area contributed by atoms with Crippen molar-refractivity contribution < 1.29 is 31.2 Å². The number of anilines is 1. The van der Waals surface area contributed by atoms with E-state index in [9.17, 15) is 31.2 Å². The lowest BCUT2D eigenvalue weighted by Crippen LogP contribution is -2.51. The molecule has 1 unspecified atom stereocenters. The molecule has 7 nitrogen and oxygen atoms in total. The van der Waals surface area contributed by atoms with Crippen molar-refractivity contribution in [1.29, 1.82) is 0 Å². The van der Waals surface area contributed by atoms with Gasteiger partial charge in [0.1, 0.15) is 12.6 Å². The first-order chi connectivity index (χ1) is 18.8. The highest BCUT2D eigenvalue weighted by Crippen LogP contribution is 2.38. The molecule has 1 N–H and O–H groups in total. The summed E-state index contributed by atoms with van der Waals surface area (Å²) in [5.41, 5.74) is -1.21. The van der Waals surface area contributed by atoms with Crippen molar-refractivity contribution in [2.24, 2.45) is 0 Å². The predicted octanol–water partition coefficient (Wildman–Crippen LogP) is 5.76. The average molecular weight is 616 g/mol. The Kier molecular flexibility index (Phi) is 10.1. The van der Waals surface area contributed by atoms with Gasteiger partial charge in [-0.15, -0.1) is 0 Å². The molecule has 3 aromatic rings. The second-order valence-electron chi connectivity index (χ2n) is 8.64. The molecular weight excluding hydrogens is 590 g/mol. The fourth-order valence-corrected chi connectivity index (χ4v) is 5.88. The molecule has 1 atom stereocenters. The van der Waals surface area contributed by atoms with Gasteiger partial charge in [0, 0.05) is 18.6 Å². The molecule has 0 aliphatic heterocycles. The SMILES string of the molecule is CCC(C(=O)NC)N(Cc1ccccc1Cl)C(=O)CN(c1ccc(Cl)c(C(F)(F)F)c1)S(=O)(=O)c1ccccc1. The topological polar surface area (TPSA) is 86.8 Å². The molecular formula is C27H26Cl2F3N3O4S. The summed E-state index contributed by atoms with van der Waals surface area (Å²) < 4.78 is 69.0. The summed E-state index contributed by atoms with van der Waals surface area (Å²) in [7, 11) is -3.16. The maximum Gasteiger partial charge on any atom is 0.417 e. The number of nitrogens with one attached hydrogen (secondary N) is 1. The Morgan fingerprint density at radius 1 is 0.950 bits per heavy atom. The highest BCUT2D eigenvalue weighted by molar-refractivity contribution is 7.92. The lowest BCUT2D eigenvalue weighted by atomic mass is 10.1. The fourth-order valence-electron chi connectivity index (χ4n) is 4.03. The molecule has 0 saturated carbocycles. The van der Waals surface area contributed by atoms with E-state index in [1.54, 1.807) is 37.3 Å². The minimum absolute atomic E-state index is 0.155. The molecule has 13 heteroatoms. The van der Waals surface area contributed by atoms with Crippen LogP contribution in [0.15, 0.2) is 77.7 Å². The monoisotopic (exact) mass is 615 g/mol. The summed E-state index contributed by atoms with van der Waals surface area (Å²) in [4.78, 5) is 27.5. The van der Waals surface area contributed by atoms with E-state index in [4.69, 9.17) is 23.2 Å². The zero-order valence-corrected chi connectivity index (χ0v) is 23.8. The molecule has 40 heavy (non-hydrogen) atoms. The predicted molar refractivity (Wildman–Crippen MR) is 148 cm³/mol. The smallest absolute Gasteiger partial charge is 0.357 e. The van der Waals surface area contributed by atoms with Gasteiger partial charge in [0.25, 0.3) is 10.0 Å². The van der Waals surface area contributed by atoms with Crippen molar-refractivity contribution in [3.63, 3.8) is 0 Å². The zero-order valence-electron chi connectivity index (χ0n) is 21.5. The van der Waals surface area contributed by atoms with Gasteiger partial charge in [-0.1, -0.05) is 66.5 Å². The number of hydrogen-bond acceptors (Lipinski definition) is 4. The van der Waals surface area contributed by atoms with Crippen LogP contribution in [0.4, 0.5) is 18.9 Å². The molecule has 214 valence electrons. The number of rotatable bonds is 10. The van der Waals surface area contributed by atoms with E-state index in [0.717, 1.165) is 17.0 Å². The van der Waals surface area contributed by atoms with Crippen LogP contribution in [0, 0.1) is 0 Å². The van der Waals surface area contributed by atoms with Gasteiger partial charge < -0.3 is 10.2 Å². The highest BCUT2D eigenvalue weighted by Gasteiger charge is 2.37. The number of nitrogens with zero attached hydrogens (tertiary/aromatic N) is 2. The average Bonchev–Trinajstić information content (AvgIpc) is 2.92. The van der Waals surface area contributed by atoms with Gasteiger partial charge >= 0.3 is 6.18 Å². The molecule has 0 aliphatic carbocycles. The maximum atomic E-state index is 13.8. The molecule has 0 fully saturated rings. The van der Waals surface area contributed by atoms with E-state index in [-0.39, 0.29) is 17.9 Å². The van der Waals surface area contributed by atoms with Crippen LogP contribution in [0.2, 0.25) is 10.0 Å². The number of hydrogen-bond donors (Lipinski definition) is 1. The van der Waals surface area contributed by atoms with Gasteiger partial charge in [0.05, 0.1) is 21.2 Å². The Balaban J connectivity index is 2.15. The van der Waals surface area contributed by atoms with Gasteiger partial charge in [-0.2, -0.15) is 13.2 Å². The number of alkyl halides is 3. The Bertz CT molecular complexity index is 1470. The number of sulfonamides is 1. The van der Waals surface area contributed by atoms with Crippen LogP contribution in [0.1, 0.15) is 24.5 Å². The van der Waals surface area contributed by atoms with Crippen LogP contribution >= 0.6 is 23.2 Å². The molecule has 0 radical (unpaired) electrons. The van der Waals surface area contributed by atoms with Gasteiger partial charge in [-0.25, -0.2) is 8.42 Å². The third-order valence-electron chi connectivity index (χ3n) is 6.08. The first kappa shape index (κ1) is 31.3. The highest BCUT2D eigenvalue weighted by atomic mass is 35.5. The van der Waals surface area contributed by atoms with E-state index in [0.29, 0.717) is 21.0 Å². The number of halogens is 5. The molecule has 0 spiro atoms. The summed E-state index contributed by atoms with van der Waals surface area (Å²) in [6.45, 7) is 0.603. The van der Waals surface area contributed by atoms with Crippen molar-refractivity contribution in [2.45, 2.75) is 37.0 Å². The van der Waals surface area contributed by atoms with Crippen LogP contribution in [0.25, 0.3) is 0 Å². The van der Waals surface area contributed by atoms with E-state index in [1.165, 1.54) is 31.3 Å². The minimum atomic E-state index is -4.89. The van der Waals surface area contributed by atoms with Crippen molar-refractivity contribution in [3.05, 3.63) is 94.0 Å². The largest absolute Gasteiger partial charge is 0.417 e. The summed E-state index contributed by atoms with van der Waals surface area (Å²) >= 11 is 12.1. The van der Waals surface area contributed by atoms with E-state index in [2.05, 4.69) is 5.32 Å². The molecule has 0 bridgehead atoms. The Hall–Kier alpha value is -3.28. The van der Waals surface area contributed by atoms with E-state index >= 15 is 0 Å². The Labute approximate surface area is 240 Å². The molecule has 3 rings (SSSR count). The van der Waals surface area contributed by atoms with Crippen LogP contribution in [-0.2, 0) is 32.3 Å². The number of carbonyl (C=O) groups is 2. The summed E-state index contributed by atoms with van der Waals surface area (Å²) in [5, 5.41) is 2.17. The standard InChI is InChI=1S/C27H26Cl2F3N3O4S/c1-3-24(26(37)33-2)34(16-18-9-7-8-12-22(18)28)25(36)17-35(40(38,39)20-10-5-4-6-11-20)19-13-14-23(29)21(15-19)27(30,31)32/h4-15,24H,3,16-17H2,1-2H3,(H,33,37). The maximum absolute atomic E-state index is 13.8. The van der Waals surface area contributed by atoms with Crippen molar-refractivity contribution in [3.8, 4) is 0 Å². The van der Waals surface area contributed by atoms with Crippen LogP contribution in [0.5, 0.6) is 0 Å². The van der Waals surface area contributed by atoms with Crippen LogP contribution < -0.4 is 9.62 Å². The Morgan fingerprint density at radius 2 is 1.57 bits per heavy atom. The molecule has 2 amide bonds. The van der Waals surface area contributed by atoms with E-state index in [1.807, 2.05) is 0 Å². The normalized spacial score (nSPS) is 12.5. The fraction of sp³-hybridized carbons (Fsp3) is 0.259. The zero-order chi connectivity index (χ0) is 29.7. The van der Waals surface area contributed by atoms with Gasteiger partial charge in [0.15, 0.2) is 0 Å². The first-order valence-corrected chi connectivity index (χ1v) is 14.2. The molecule has 3 aromatic carbocycles. The number of likely N-dealkylation sites (N-methyl/N-ethyl adjacent to an activating group) is 1. The van der Waals surface area contributed by atoms with Crippen molar-refractivity contribution in [1.82, 2.24) is 10.2 Å². The molecule has 0 aromatic heterocycles. The molecule has 0 heterocycles. The summed E-state index contributed by atoms with van der Waals surface area (Å²) in [5.74, 6) is -1.34. The lowest BCUT2D eigenvalue weighted by molar-refractivity contribution is -0.140. The van der Waals surface area contributed by atoms with Gasteiger partial charge in [-0.05, 0) is 48.4 Å². The number of amides is 2. The van der Waals surface area contributed by atoms with Crippen molar-refractivity contribution >= 4 is 50.7 Å². The molecule has 0 saturated heterocycles. The van der Waals surface area contributed by atoms with Crippen LogP contribution in [0.3, 0.4) is 0 Å². The second kappa shape index (κ2) is 12.9. The second-order valence-corrected chi connectivity index (χ2v) is 11.3. The molecule has 0 aliphatic rings. The summed E-state index contributed by atoms with van der Waals surface area (Å²) in [6.07, 6.45) is -4.72. The quantitative estimate of drug-likeness (QED) is 0.314. The third kappa shape index (κ3) is 7.07. The van der Waals surface area contributed by atoms with E-state index < -0.39 is 56.9 Å². The first-order valence-electron chi connectivity index (χ1n) is 12.0. The Morgan fingerprint density at radius 3 is 2.15 bits per heavy atom. The summed E-state index contributed by atoms with van der Waals surface area (Å²) in [6, 6.07) is 15.1.